The summed E-state index contributed by atoms with van der Waals surface area (Å²) in [6.07, 6.45) is 6.75. The van der Waals surface area contributed by atoms with Crippen molar-refractivity contribution in [1.82, 2.24) is 4.90 Å². The lowest BCUT2D eigenvalue weighted by molar-refractivity contribution is 0.0701. The Kier molecular flexibility index (Phi) is 5.34. The van der Waals surface area contributed by atoms with Gasteiger partial charge in [0.2, 0.25) is 0 Å². The van der Waals surface area contributed by atoms with Crippen LogP contribution >= 0.6 is 27.7 Å². The lowest BCUT2D eigenvalue weighted by Crippen LogP contribution is -2.44. The molecule has 0 aliphatic heterocycles. The molecule has 1 saturated carbocycles. The Morgan fingerprint density at radius 3 is 2.68 bits per heavy atom. The summed E-state index contributed by atoms with van der Waals surface area (Å²) in [6.45, 7) is 0. The molecule has 1 fully saturated rings. The minimum atomic E-state index is 0.140. The van der Waals surface area contributed by atoms with Crippen LogP contribution in [-0.2, 0) is 0 Å². The molecule has 2 atom stereocenters. The minimum absolute atomic E-state index is 0.140. The molecule has 0 saturated heterocycles. The number of benzene rings is 1. The summed E-state index contributed by atoms with van der Waals surface area (Å²) in [5.41, 5.74) is 0.822. The van der Waals surface area contributed by atoms with Crippen LogP contribution in [0.3, 0.4) is 0 Å². The highest BCUT2D eigenvalue weighted by molar-refractivity contribution is 9.09. The van der Waals surface area contributed by atoms with E-state index in [4.69, 9.17) is 0 Å². The largest absolute Gasteiger partial charge is 0.338 e. The van der Waals surface area contributed by atoms with Crippen LogP contribution in [0, 0.1) is 0 Å². The van der Waals surface area contributed by atoms with Crippen molar-refractivity contribution >= 4 is 33.6 Å². The first-order valence-electron chi connectivity index (χ1n) is 6.69. The molecular weight excluding hydrogens is 322 g/mol. The van der Waals surface area contributed by atoms with Gasteiger partial charge < -0.3 is 4.90 Å². The van der Waals surface area contributed by atoms with Gasteiger partial charge in [0.05, 0.1) is 5.56 Å². The molecule has 0 heterocycles. The average Bonchev–Trinajstić information content (AvgIpc) is 2.46. The van der Waals surface area contributed by atoms with E-state index in [9.17, 15) is 4.79 Å². The van der Waals surface area contributed by atoms with E-state index >= 15 is 0 Å². The number of hydrogen-bond acceptors (Lipinski definition) is 2. The summed E-state index contributed by atoms with van der Waals surface area (Å²) in [5.74, 6) is 0.140. The van der Waals surface area contributed by atoms with Crippen molar-refractivity contribution in [2.75, 3.05) is 13.3 Å². The molecule has 2 unspecified atom stereocenters. The van der Waals surface area contributed by atoms with E-state index in [2.05, 4.69) is 15.9 Å². The van der Waals surface area contributed by atoms with Gasteiger partial charge >= 0.3 is 0 Å². The third-order valence-electron chi connectivity index (χ3n) is 3.80. The van der Waals surface area contributed by atoms with E-state index in [1.807, 2.05) is 42.5 Å². The Labute approximate surface area is 128 Å². The fraction of sp³-hybridized carbons (Fsp3) is 0.533. The van der Waals surface area contributed by atoms with Gasteiger partial charge in [-0.25, -0.2) is 0 Å². The van der Waals surface area contributed by atoms with Crippen LogP contribution in [-0.4, -0.2) is 35.0 Å². The van der Waals surface area contributed by atoms with Crippen LogP contribution < -0.4 is 0 Å². The van der Waals surface area contributed by atoms with Gasteiger partial charge in [-0.05, 0) is 31.2 Å². The maximum Gasteiger partial charge on any atom is 0.255 e. The minimum Gasteiger partial charge on any atom is -0.338 e. The molecule has 1 aromatic rings. The molecule has 2 rings (SSSR count). The Hall–Kier alpha value is -0.480. The smallest absolute Gasteiger partial charge is 0.255 e. The molecule has 0 N–H and O–H groups in total. The van der Waals surface area contributed by atoms with Crippen molar-refractivity contribution in [3.63, 3.8) is 0 Å². The zero-order valence-corrected chi connectivity index (χ0v) is 13.8. The van der Waals surface area contributed by atoms with Crippen LogP contribution in [0.2, 0.25) is 0 Å². The number of rotatable bonds is 3. The quantitative estimate of drug-likeness (QED) is 0.606. The number of carbonyl (C=O) groups is 1. The summed E-state index contributed by atoms with van der Waals surface area (Å²) in [7, 11) is 1.93. The van der Waals surface area contributed by atoms with Crippen LogP contribution in [0.1, 0.15) is 36.0 Å². The summed E-state index contributed by atoms with van der Waals surface area (Å²) in [5, 5.41) is 0. The standard InChI is InChI=1S/C15H20BrNOS/c1-17(13-9-5-4-8-12(13)16)15(18)11-7-3-6-10-14(11)19-2/h3,6-7,10,12-13H,4-5,8-9H2,1-2H3. The van der Waals surface area contributed by atoms with E-state index < -0.39 is 0 Å². The molecule has 0 radical (unpaired) electrons. The number of hydrogen-bond donors (Lipinski definition) is 0. The van der Waals surface area contributed by atoms with Crippen LogP contribution in [0.5, 0.6) is 0 Å². The molecule has 1 aliphatic carbocycles. The van der Waals surface area contributed by atoms with Crippen molar-refractivity contribution in [3.05, 3.63) is 29.8 Å². The highest BCUT2D eigenvalue weighted by atomic mass is 79.9. The van der Waals surface area contributed by atoms with Crippen LogP contribution in [0.4, 0.5) is 0 Å². The molecule has 19 heavy (non-hydrogen) atoms. The van der Waals surface area contributed by atoms with E-state index in [1.54, 1.807) is 11.8 Å². The maximum atomic E-state index is 12.7. The third kappa shape index (κ3) is 3.34. The molecular formula is C15H20BrNOS. The van der Waals surface area contributed by atoms with Gasteiger partial charge in [-0.2, -0.15) is 0 Å². The van der Waals surface area contributed by atoms with Gasteiger partial charge in [0.25, 0.3) is 5.91 Å². The SMILES string of the molecule is CSc1ccccc1C(=O)N(C)C1CCCCC1Br. The Morgan fingerprint density at radius 1 is 1.32 bits per heavy atom. The zero-order chi connectivity index (χ0) is 13.8. The Balaban J connectivity index is 2.18. The number of amides is 1. The number of thioether (sulfide) groups is 1. The van der Waals surface area contributed by atoms with Gasteiger partial charge in [0.1, 0.15) is 0 Å². The Bertz CT molecular complexity index is 452. The van der Waals surface area contributed by atoms with Crippen molar-refractivity contribution in [2.45, 2.75) is 41.4 Å². The van der Waals surface area contributed by atoms with Gasteiger partial charge in [0, 0.05) is 22.8 Å². The molecule has 104 valence electrons. The van der Waals surface area contributed by atoms with E-state index in [0.717, 1.165) is 23.3 Å². The van der Waals surface area contributed by atoms with E-state index in [-0.39, 0.29) is 5.91 Å². The van der Waals surface area contributed by atoms with Crippen molar-refractivity contribution in [1.29, 1.82) is 0 Å². The molecule has 1 aromatic carbocycles. The summed E-state index contributed by atoms with van der Waals surface area (Å²) in [6, 6.07) is 8.18. The maximum absolute atomic E-state index is 12.7. The predicted octanol–water partition coefficient (Wildman–Crippen LogP) is 4.19. The molecule has 2 nitrogen and oxygen atoms in total. The summed E-state index contributed by atoms with van der Waals surface area (Å²) in [4.78, 5) is 16.1. The fourth-order valence-electron chi connectivity index (χ4n) is 2.66. The zero-order valence-electron chi connectivity index (χ0n) is 11.4. The average molecular weight is 342 g/mol. The first-order chi connectivity index (χ1) is 9.15. The summed E-state index contributed by atoms with van der Waals surface area (Å²) >= 11 is 5.36. The predicted molar refractivity (Wildman–Crippen MR) is 85.3 cm³/mol. The number of halogens is 1. The lowest BCUT2D eigenvalue weighted by atomic mass is 9.94. The highest BCUT2D eigenvalue weighted by Crippen LogP contribution is 2.30. The molecule has 0 aromatic heterocycles. The molecule has 0 spiro atoms. The second-order valence-electron chi connectivity index (χ2n) is 4.98. The highest BCUT2D eigenvalue weighted by Gasteiger charge is 2.30. The second-order valence-corrected chi connectivity index (χ2v) is 7.01. The van der Waals surface area contributed by atoms with Crippen molar-refractivity contribution in [2.24, 2.45) is 0 Å². The van der Waals surface area contributed by atoms with Crippen molar-refractivity contribution in [3.8, 4) is 0 Å². The third-order valence-corrected chi connectivity index (χ3v) is 5.67. The molecule has 1 aliphatic rings. The lowest BCUT2D eigenvalue weighted by Gasteiger charge is -2.35. The first-order valence-corrected chi connectivity index (χ1v) is 8.83. The molecule has 4 heteroatoms. The Morgan fingerprint density at radius 2 is 2.00 bits per heavy atom. The second kappa shape index (κ2) is 6.80. The molecule has 1 amide bonds. The monoisotopic (exact) mass is 341 g/mol. The van der Waals surface area contributed by atoms with E-state index in [1.165, 1.54) is 12.8 Å². The summed E-state index contributed by atoms with van der Waals surface area (Å²) < 4.78 is 0. The van der Waals surface area contributed by atoms with Crippen LogP contribution in [0.15, 0.2) is 29.2 Å². The molecule has 0 bridgehead atoms. The van der Waals surface area contributed by atoms with Gasteiger partial charge in [-0.3, -0.25) is 4.79 Å². The van der Waals surface area contributed by atoms with Crippen LogP contribution in [0.25, 0.3) is 0 Å². The van der Waals surface area contributed by atoms with Crippen molar-refractivity contribution < 1.29 is 4.79 Å². The number of alkyl halides is 1. The fourth-order valence-corrected chi connectivity index (χ4v) is 4.20. The van der Waals surface area contributed by atoms with Gasteiger partial charge in [-0.1, -0.05) is 40.9 Å². The first kappa shape index (κ1) is 14.9. The normalized spacial score (nSPS) is 23.1. The van der Waals surface area contributed by atoms with Gasteiger partial charge in [0.15, 0.2) is 0 Å². The number of nitrogens with zero attached hydrogens (tertiary/aromatic N) is 1. The van der Waals surface area contributed by atoms with E-state index in [0.29, 0.717) is 10.9 Å². The van der Waals surface area contributed by atoms with Gasteiger partial charge in [-0.15, -0.1) is 11.8 Å². The topological polar surface area (TPSA) is 20.3 Å². The number of carbonyl (C=O) groups excluding carboxylic acids is 1.